The van der Waals surface area contributed by atoms with E-state index in [-0.39, 0.29) is 12.5 Å². The maximum absolute atomic E-state index is 11.7. The van der Waals surface area contributed by atoms with Crippen LogP contribution in [0.3, 0.4) is 0 Å². The normalized spacial score (nSPS) is 15.0. The molecule has 2 rings (SSSR count). The molecule has 0 spiro atoms. The Morgan fingerprint density at radius 2 is 2.00 bits per heavy atom. The SMILES string of the molecule is O=C(COC(=O)CCc1ccco1)NC(=O)NC1CCCCC1. The molecular weight excluding hydrogens is 300 g/mol. The van der Waals surface area contributed by atoms with Gasteiger partial charge in [-0.15, -0.1) is 0 Å². The molecule has 0 radical (unpaired) electrons. The van der Waals surface area contributed by atoms with E-state index in [9.17, 15) is 14.4 Å². The maximum atomic E-state index is 11.7. The van der Waals surface area contributed by atoms with Crippen molar-refractivity contribution in [3.05, 3.63) is 24.2 Å². The minimum atomic E-state index is -0.635. The smallest absolute Gasteiger partial charge is 0.321 e. The number of nitrogens with one attached hydrogen (secondary N) is 2. The van der Waals surface area contributed by atoms with Gasteiger partial charge in [-0.3, -0.25) is 14.9 Å². The topological polar surface area (TPSA) is 97.6 Å². The van der Waals surface area contributed by atoms with E-state index < -0.39 is 24.5 Å². The molecule has 1 heterocycles. The van der Waals surface area contributed by atoms with E-state index in [4.69, 9.17) is 9.15 Å². The number of imide groups is 1. The minimum Gasteiger partial charge on any atom is -0.469 e. The summed E-state index contributed by atoms with van der Waals surface area (Å²) < 4.78 is 9.91. The molecule has 1 aliphatic carbocycles. The van der Waals surface area contributed by atoms with Crippen molar-refractivity contribution in [1.29, 1.82) is 0 Å². The summed E-state index contributed by atoms with van der Waals surface area (Å²) >= 11 is 0. The molecule has 0 aliphatic heterocycles. The van der Waals surface area contributed by atoms with Gasteiger partial charge in [0.2, 0.25) is 0 Å². The standard InChI is InChI=1S/C16H22N2O5/c19-14(18-16(21)17-12-5-2-1-3-6-12)11-23-15(20)9-8-13-7-4-10-22-13/h4,7,10,12H,1-3,5-6,8-9,11H2,(H2,17,18,19,21). The summed E-state index contributed by atoms with van der Waals surface area (Å²) in [6.45, 7) is -0.463. The van der Waals surface area contributed by atoms with E-state index >= 15 is 0 Å². The first-order valence-corrected chi connectivity index (χ1v) is 7.92. The number of amides is 3. The van der Waals surface area contributed by atoms with E-state index in [0.717, 1.165) is 25.7 Å². The average Bonchev–Trinajstić information content (AvgIpc) is 3.05. The number of carbonyl (C=O) groups excluding carboxylic acids is 3. The van der Waals surface area contributed by atoms with Crippen molar-refractivity contribution in [2.75, 3.05) is 6.61 Å². The third-order valence-electron chi connectivity index (χ3n) is 3.71. The number of rotatable bonds is 6. The van der Waals surface area contributed by atoms with E-state index in [1.165, 1.54) is 12.7 Å². The van der Waals surface area contributed by atoms with Crippen LogP contribution in [0.5, 0.6) is 0 Å². The van der Waals surface area contributed by atoms with Crippen LogP contribution in [0.15, 0.2) is 22.8 Å². The monoisotopic (exact) mass is 322 g/mol. The highest BCUT2D eigenvalue weighted by Crippen LogP contribution is 2.17. The zero-order valence-corrected chi connectivity index (χ0v) is 13.0. The number of urea groups is 1. The van der Waals surface area contributed by atoms with Crippen molar-refractivity contribution < 1.29 is 23.5 Å². The molecule has 3 amide bonds. The molecule has 0 bridgehead atoms. The van der Waals surface area contributed by atoms with E-state index in [0.29, 0.717) is 12.2 Å². The van der Waals surface area contributed by atoms with Crippen molar-refractivity contribution in [3.63, 3.8) is 0 Å². The van der Waals surface area contributed by atoms with E-state index in [1.807, 2.05) is 0 Å². The Balaban J connectivity index is 1.58. The van der Waals surface area contributed by atoms with Gasteiger partial charge >= 0.3 is 12.0 Å². The molecule has 7 nitrogen and oxygen atoms in total. The lowest BCUT2D eigenvalue weighted by atomic mass is 9.96. The molecule has 0 unspecified atom stereocenters. The van der Waals surface area contributed by atoms with Crippen molar-refractivity contribution in [2.45, 2.75) is 51.0 Å². The molecule has 126 valence electrons. The number of aryl methyl sites for hydroxylation is 1. The number of ether oxygens (including phenoxy) is 1. The number of esters is 1. The molecule has 1 fully saturated rings. The van der Waals surface area contributed by atoms with Gasteiger partial charge in [0.25, 0.3) is 5.91 Å². The first kappa shape index (κ1) is 17.1. The van der Waals surface area contributed by atoms with Crippen LogP contribution in [0.1, 0.15) is 44.3 Å². The molecule has 1 aliphatic rings. The van der Waals surface area contributed by atoms with Crippen molar-refractivity contribution in [2.24, 2.45) is 0 Å². The molecule has 2 N–H and O–H groups in total. The highest BCUT2D eigenvalue weighted by molar-refractivity contribution is 5.95. The Morgan fingerprint density at radius 3 is 2.70 bits per heavy atom. The van der Waals surface area contributed by atoms with Crippen LogP contribution < -0.4 is 10.6 Å². The quantitative estimate of drug-likeness (QED) is 0.780. The molecule has 1 aromatic rings. The van der Waals surface area contributed by atoms with Crippen molar-refractivity contribution in [3.8, 4) is 0 Å². The second kappa shape index (κ2) is 8.97. The Labute approximate surface area is 134 Å². The lowest BCUT2D eigenvalue weighted by Crippen LogP contribution is -2.46. The second-order valence-corrected chi connectivity index (χ2v) is 5.60. The first-order chi connectivity index (χ1) is 11.1. The highest BCUT2D eigenvalue weighted by Gasteiger charge is 2.17. The molecule has 0 saturated heterocycles. The molecule has 1 saturated carbocycles. The van der Waals surface area contributed by atoms with Gasteiger partial charge in [-0.2, -0.15) is 0 Å². The summed E-state index contributed by atoms with van der Waals surface area (Å²) in [5.41, 5.74) is 0. The van der Waals surface area contributed by atoms with Gasteiger partial charge in [-0.05, 0) is 25.0 Å². The van der Waals surface area contributed by atoms with Crippen LogP contribution in [0.4, 0.5) is 4.79 Å². The fourth-order valence-electron chi connectivity index (χ4n) is 2.53. The lowest BCUT2D eigenvalue weighted by molar-refractivity contribution is -0.148. The third kappa shape index (κ3) is 6.54. The van der Waals surface area contributed by atoms with Crippen molar-refractivity contribution in [1.82, 2.24) is 10.6 Å². The van der Waals surface area contributed by atoms with Gasteiger partial charge in [-0.1, -0.05) is 19.3 Å². The zero-order valence-electron chi connectivity index (χ0n) is 13.0. The number of furan rings is 1. The average molecular weight is 322 g/mol. The zero-order chi connectivity index (χ0) is 16.5. The largest absolute Gasteiger partial charge is 0.469 e. The summed E-state index contributed by atoms with van der Waals surface area (Å²) in [6, 6.07) is 3.08. The maximum Gasteiger partial charge on any atom is 0.321 e. The molecule has 0 atom stereocenters. The van der Waals surface area contributed by atoms with Gasteiger partial charge in [0.1, 0.15) is 5.76 Å². The Kier molecular flexibility index (Phi) is 6.65. The third-order valence-corrected chi connectivity index (χ3v) is 3.71. The van der Waals surface area contributed by atoms with Crippen LogP contribution in [0.2, 0.25) is 0 Å². The summed E-state index contributed by atoms with van der Waals surface area (Å²) in [7, 11) is 0. The van der Waals surface area contributed by atoms with Gasteiger partial charge in [0.05, 0.1) is 12.7 Å². The number of hydrogen-bond donors (Lipinski definition) is 2. The predicted molar refractivity (Wildman–Crippen MR) is 81.5 cm³/mol. The van der Waals surface area contributed by atoms with E-state index in [2.05, 4.69) is 10.6 Å². The van der Waals surface area contributed by atoms with Gasteiger partial charge < -0.3 is 14.5 Å². The van der Waals surface area contributed by atoms with Gasteiger partial charge in [0, 0.05) is 12.5 Å². The summed E-state index contributed by atoms with van der Waals surface area (Å²) in [4.78, 5) is 34.7. The van der Waals surface area contributed by atoms with Crippen LogP contribution in [0, 0.1) is 0 Å². The Morgan fingerprint density at radius 1 is 1.22 bits per heavy atom. The summed E-state index contributed by atoms with van der Waals surface area (Å²) in [5, 5.41) is 4.92. The number of carbonyl (C=O) groups is 3. The first-order valence-electron chi connectivity index (χ1n) is 7.92. The fourth-order valence-corrected chi connectivity index (χ4v) is 2.53. The minimum absolute atomic E-state index is 0.118. The molecule has 1 aromatic heterocycles. The highest BCUT2D eigenvalue weighted by atomic mass is 16.5. The molecule has 0 aromatic carbocycles. The molecular formula is C16H22N2O5. The Hall–Kier alpha value is -2.31. The van der Waals surface area contributed by atoms with Gasteiger partial charge in [-0.25, -0.2) is 4.79 Å². The molecule has 7 heteroatoms. The summed E-state index contributed by atoms with van der Waals surface area (Å²) in [5.74, 6) is -0.466. The van der Waals surface area contributed by atoms with Crippen LogP contribution >= 0.6 is 0 Å². The van der Waals surface area contributed by atoms with Gasteiger partial charge in [0.15, 0.2) is 6.61 Å². The summed E-state index contributed by atoms with van der Waals surface area (Å²) in [6.07, 6.45) is 7.29. The predicted octanol–water partition coefficient (Wildman–Crippen LogP) is 1.91. The van der Waals surface area contributed by atoms with E-state index in [1.54, 1.807) is 12.1 Å². The number of hydrogen-bond acceptors (Lipinski definition) is 5. The Bertz CT molecular complexity index is 521. The second-order valence-electron chi connectivity index (χ2n) is 5.60. The molecule has 23 heavy (non-hydrogen) atoms. The van der Waals surface area contributed by atoms with Crippen LogP contribution in [0.25, 0.3) is 0 Å². The van der Waals surface area contributed by atoms with Crippen LogP contribution in [-0.4, -0.2) is 30.6 Å². The van der Waals surface area contributed by atoms with Crippen LogP contribution in [-0.2, 0) is 20.7 Å². The van der Waals surface area contributed by atoms with Crippen molar-refractivity contribution >= 4 is 17.9 Å². The lowest BCUT2D eigenvalue weighted by Gasteiger charge is -2.22. The fraction of sp³-hybridized carbons (Fsp3) is 0.562.